The lowest BCUT2D eigenvalue weighted by Gasteiger charge is -2.20. The largest absolute Gasteiger partial charge is 0.454 e. The van der Waals surface area contributed by atoms with Crippen LogP contribution in [0.2, 0.25) is 0 Å². The van der Waals surface area contributed by atoms with Gasteiger partial charge in [-0.1, -0.05) is 13.8 Å². The highest BCUT2D eigenvalue weighted by Gasteiger charge is 2.30. The molecule has 2 amide bonds. The lowest BCUT2D eigenvalue weighted by Crippen LogP contribution is -2.32. The molecule has 1 unspecified atom stereocenters. The second kappa shape index (κ2) is 8.41. The average Bonchev–Trinajstić information content (AvgIpc) is 3.32. The number of rotatable bonds is 6. The van der Waals surface area contributed by atoms with Crippen LogP contribution in [0.1, 0.15) is 60.0 Å². The summed E-state index contributed by atoms with van der Waals surface area (Å²) in [4.78, 5) is 31.0. The summed E-state index contributed by atoms with van der Waals surface area (Å²) in [6.07, 6.45) is 3.59. The number of hydrogen-bond donors (Lipinski definition) is 2. The Hall–Kier alpha value is -2.61. The molecule has 1 aliphatic heterocycles. The molecule has 2 aliphatic rings. The summed E-state index contributed by atoms with van der Waals surface area (Å²) in [6, 6.07) is 5.08. The number of aryl methyl sites for hydroxylation is 1. The predicted molar refractivity (Wildman–Crippen MR) is 111 cm³/mol. The minimum Gasteiger partial charge on any atom is -0.454 e. The fourth-order valence-corrected chi connectivity index (χ4v) is 4.60. The molecule has 0 radical (unpaired) electrons. The number of carbonyl (C=O) groups is 2. The lowest BCUT2D eigenvalue weighted by atomic mass is 9.90. The number of fused-ring (bicyclic) bond motifs is 2. The van der Waals surface area contributed by atoms with Crippen molar-refractivity contribution in [3.8, 4) is 11.5 Å². The summed E-state index contributed by atoms with van der Waals surface area (Å²) in [6.45, 7) is 5.13. The summed E-state index contributed by atoms with van der Waals surface area (Å²) >= 11 is 1.45. The molecule has 1 atom stereocenters. The fraction of sp³-hybridized carbons (Fsp3) is 0.476. The van der Waals surface area contributed by atoms with Crippen LogP contribution in [0.5, 0.6) is 11.5 Å². The number of thiazole rings is 1. The van der Waals surface area contributed by atoms with Gasteiger partial charge in [-0.05, 0) is 49.8 Å². The minimum atomic E-state index is -0.257. The number of amides is 2. The number of nitrogens with one attached hydrogen (secondary N) is 2. The van der Waals surface area contributed by atoms with Crippen molar-refractivity contribution in [2.45, 2.75) is 45.4 Å². The summed E-state index contributed by atoms with van der Waals surface area (Å²) in [7, 11) is 0. The zero-order valence-corrected chi connectivity index (χ0v) is 17.4. The van der Waals surface area contributed by atoms with Crippen LogP contribution in [0.15, 0.2) is 18.2 Å². The van der Waals surface area contributed by atoms with E-state index in [1.54, 1.807) is 18.2 Å². The van der Waals surface area contributed by atoms with E-state index < -0.39 is 0 Å². The van der Waals surface area contributed by atoms with Gasteiger partial charge in [-0.3, -0.25) is 14.9 Å². The summed E-state index contributed by atoms with van der Waals surface area (Å²) in [5, 5.41) is 6.43. The Morgan fingerprint density at radius 3 is 2.93 bits per heavy atom. The van der Waals surface area contributed by atoms with Crippen molar-refractivity contribution in [3.05, 3.63) is 34.3 Å². The number of ether oxygens (including phenoxy) is 2. The monoisotopic (exact) mass is 415 g/mol. The van der Waals surface area contributed by atoms with E-state index in [9.17, 15) is 9.59 Å². The van der Waals surface area contributed by atoms with Crippen molar-refractivity contribution in [1.82, 2.24) is 10.3 Å². The first-order valence-electron chi connectivity index (χ1n) is 9.99. The van der Waals surface area contributed by atoms with E-state index in [0.29, 0.717) is 34.7 Å². The molecule has 2 heterocycles. The Morgan fingerprint density at radius 1 is 1.28 bits per heavy atom. The second-order valence-corrected chi connectivity index (χ2v) is 8.85. The first-order chi connectivity index (χ1) is 14.0. The quantitative estimate of drug-likeness (QED) is 0.751. The van der Waals surface area contributed by atoms with Gasteiger partial charge in [-0.15, -0.1) is 11.3 Å². The van der Waals surface area contributed by atoms with Gasteiger partial charge >= 0.3 is 0 Å². The van der Waals surface area contributed by atoms with E-state index in [-0.39, 0.29) is 24.5 Å². The number of hydrogen-bond acceptors (Lipinski definition) is 6. The molecular weight excluding hydrogens is 390 g/mol. The molecule has 0 bridgehead atoms. The van der Waals surface area contributed by atoms with Crippen LogP contribution in [-0.4, -0.2) is 30.1 Å². The first kappa shape index (κ1) is 19.7. The molecule has 0 spiro atoms. The SMILES string of the molecule is CC(C)CCNC(=O)C1CCCc2sc(NC(=O)c3ccc4c(c3)OCO4)nc21. The normalized spacial score (nSPS) is 17.1. The lowest BCUT2D eigenvalue weighted by molar-refractivity contribution is -0.122. The maximum atomic E-state index is 12.6. The molecule has 2 aromatic rings. The molecule has 0 fully saturated rings. The third-order valence-electron chi connectivity index (χ3n) is 5.15. The molecule has 0 saturated carbocycles. The van der Waals surface area contributed by atoms with Crippen LogP contribution in [0.4, 0.5) is 5.13 Å². The van der Waals surface area contributed by atoms with Crippen molar-refractivity contribution >= 4 is 28.3 Å². The standard InChI is InChI=1S/C21H25N3O4S/c1-12(2)8-9-22-20(26)14-4-3-5-17-18(14)23-21(29-17)24-19(25)13-6-7-15-16(10-13)28-11-27-15/h6-7,10,12,14H,3-5,8-9,11H2,1-2H3,(H,22,26)(H,23,24,25). The zero-order chi connectivity index (χ0) is 20.4. The number of nitrogens with zero attached hydrogens (tertiary/aromatic N) is 1. The molecule has 4 rings (SSSR count). The number of anilines is 1. The number of aromatic nitrogens is 1. The van der Waals surface area contributed by atoms with Gasteiger partial charge in [0.15, 0.2) is 16.6 Å². The third kappa shape index (κ3) is 4.37. The van der Waals surface area contributed by atoms with Gasteiger partial charge in [-0.2, -0.15) is 0 Å². The Kier molecular flexibility index (Phi) is 5.71. The molecule has 29 heavy (non-hydrogen) atoms. The maximum absolute atomic E-state index is 12.6. The summed E-state index contributed by atoms with van der Waals surface area (Å²) in [5.41, 5.74) is 1.29. The van der Waals surface area contributed by atoms with Gasteiger partial charge < -0.3 is 14.8 Å². The second-order valence-electron chi connectivity index (χ2n) is 7.77. The molecule has 7 nitrogen and oxygen atoms in total. The highest BCUT2D eigenvalue weighted by molar-refractivity contribution is 7.16. The molecule has 2 N–H and O–H groups in total. The van der Waals surface area contributed by atoms with E-state index in [4.69, 9.17) is 9.47 Å². The highest BCUT2D eigenvalue weighted by atomic mass is 32.1. The first-order valence-corrected chi connectivity index (χ1v) is 10.8. The molecule has 154 valence electrons. The average molecular weight is 416 g/mol. The number of carbonyl (C=O) groups excluding carboxylic acids is 2. The van der Waals surface area contributed by atoms with Crippen molar-refractivity contribution in [2.75, 3.05) is 18.7 Å². The van der Waals surface area contributed by atoms with Crippen LogP contribution < -0.4 is 20.1 Å². The fourth-order valence-electron chi connectivity index (χ4n) is 3.54. The van der Waals surface area contributed by atoms with Crippen LogP contribution in [-0.2, 0) is 11.2 Å². The Bertz CT molecular complexity index is 925. The van der Waals surface area contributed by atoms with E-state index in [0.717, 1.165) is 36.3 Å². The van der Waals surface area contributed by atoms with Gasteiger partial charge in [0.25, 0.3) is 5.91 Å². The van der Waals surface area contributed by atoms with E-state index in [1.807, 2.05) is 0 Å². The zero-order valence-electron chi connectivity index (χ0n) is 16.6. The van der Waals surface area contributed by atoms with Crippen molar-refractivity contribution in [1.29, 1.82) is 0 Å². The van der Waals surface area contributed by atoms with Crippen molar-refractivity contribution < 1.29 is 19.1 Å². The Labute approximate surface area is 173 Å². The molecule has 0 saturated heterocycles. The van der Waals surface area contributed by atoms with Crippen molar-refractivity contribution in [3.63, 3.8) is 0 Å². The molecular formula is C21H25N3O4S. The smallest absolute Gasteiger partial charge is 0.257 e. The number of benzene rings is 1. The molecule has 1 aromatic carbocycles. The van der Waals surface area contributed by atoms with Crippen LogP contribution in [0, 0.1) is 5.92 Å². The molecule has 8 heteroatoms. The summed E-state index contributed by atoms with van der Waals surface area (Å²) in [5.74, 6) is 1.29. The van der Waals surface area contributed by atoms with E-state index in [1.165, 1.54) is 11.3 Å². The van der Waals surface area contributed by atoms with Crippen LogP contribution in [0.25, 0.3) is 0 Å². The minimum absolute atomic E-state index is 0.0329. The van der Waals surface area contributed by atoms with Crippen LogP contribution >= 0.6 is 11.3 Å². The van der Waals surface area contributed by atoms with Gasteiger partial charge in [0, 0.05) is 17.0 Å². The van der Waals surface area contributed by atoms with Gasteiger partial charge in [-0.25, -0.2) is 4.98 Å². The topological polar surface area (TPSA) is 89.6 Å². The highest BCUT2D eigenvalue weighted by Crippen LogP contribution is 2.37. The van der Waals surface area contributed by atoms with Crippen molar-refractivity contribution in [2.24, 2.45) is 5.92 Å². The van der Waals surface area contributed by atoms with E-state index >= 15 is 0 Å². The molecule has 1 aliphatic carbocycles. The predicted octanol–water partition coefficient (Wildman–Crippen LogP) is 3.71. The van der Waals surface area contributed by atoms with Gasteiger partial charge in [0.05, 0.1) is 11.6 Å². The third-order valence-corrected chi connectivity index (χ3v) is 6.19. The van der Waals surface area contributed by atoms with Crippen LogP contribution in [0.3, 0.4) is 0 Å². The van der Waals surface area contributed by atoms with Gasteiger partial charge in [0.2, 0.25) is 12.7 Å². The summed E-state index contributed by atoms with van der Waals surface area (Å²) < 4.78 is 10.6. The Morgan fingerprint density at radius 2 is 2.10 bits per heavy atom. The Balaban J connectivity index is 1.44. The van der Waals surface area contributed by atoms with E-state index in [2.05, 4.69) is 29.5 Å². The molecule has 1 aromatic heterocycles. The maximum Gasteiger partial charge on any atom is 0.257 e. The van der Waals surface area contributed by atoms with Gasteiger partial charge in [0.1, 0.15) is 0 Å².